The Morgan fingerprint density at radius 3 is 2.92 bits per heavy atom. The van der Waals surface area contributed by atoms with Crippen molar-refractivity contribution >= 4 is 11.8 Å². The van der Waals surface area contributed by atoms with Crippen molar-refractivity contribution in [3.05, 3.63) is 24.3 Å². The van der Waals surface area contributed by atoms with Crippen molar-refractivity contribution in [2.45, 2.75) is 10.2 Å². The van der Waals surface area contributed by atoms with E-state index in [1.807, 2.05) is 0 Å². The van der Waals surface area contributed by atoms with Gasteiger partial charge in [-0.25, -0.2) is 0 Å². The number of hydrogen-bond donors (Lipinski definition) is 0. The molecule has 1 nitrogen and oxygen atoms in total. The molecule has 0 aliphatic carbocycles. The van der Waals surface area contributed by atoms with E-state index in [1.165, 1.54) is 0 Å². The van der Waals surface area contributed by atoms with Crippen LogP contribution in [0.25, 0.3) is 0 Å². The lowest BCUT2D eigenvalue weighted by Gasteiger charge is -2.23. The molecule has 12 heavy (non-hydrogen) atoms. The molecule has 0 bridgehead atoms. The van der Waals surface area contributed by atoms with E-state index in [0.717, 1.165) is 0 Å². The summed E-state index contributed by atoms with van der Waals surface area (Å²) >= 11 is 0.556. The Balaban J connectivity index is 2.35. The summed E-state index contributed by atoms with van der Waals surface area (Å²) in [7, 11) is 0. The number of alkyl halides is 2. The zero-order valence-corrected chi connectivity index (χ0v) is 6.91. The minimum Gasteiger partial charge on any atom is -0.485 e. The van der Waals surface area contributed by atoms with Gasteiger partial charge >= 0.3 is 5.25 Å². The third-order valence-electron chi connectivity index (χ3n) is 1.50. The standard InChI is InChI=1S/C8H6F2OS/c9-8(10)5-11-6-3-1-2-4-7(6)12-8/h1-4H,5H2. The number of hydrogen-bond acceptors (Lipinski definition) is 2. The third kappa shape index (κ3) is 1.39. The molecule has 1 aromatic carbocycles. The van der Waals surface area contributed by atoms with Gasteiger partial charge in [0.25, 0.3) is 0 Å². The lowest BCUT2D eigenvalue weighted by Crippen LogP contribution is -2.25. The average Bonchev–Trinajstić information content (AvgIpc) is 2.02. The topological polar surface area (TPSA) is 9.23 Å². The molecule has 64 valence electrons. The van der Waals surface area contributed by atoms with Crippen LogP contribution in [0.1, 0.15) is 0 Å². The number of ether oxygens (including phenoxy) is 1. The molecule has 0 saturated heterocycles. The second-order valence-electron chi connectivity index (χ2n) is 2.47. The van der Waals surface area contributed by atoms with Gasteiger partial charge in [-0.05, 0) is 23.9 Å². The first kappa shape index (κ1) is 7.86. The van der Waals surface area contributed by atoms with Crippen molar-refractivity contribution in [3.8, 4) is 5.75 Å². The third-order valence-corrected chi connectivity index (χ3v) is 2.48. The van der Waals surface area contributed by atoms with Crippen molar-refractivity contribution in [1.82, 2.24) is 0 Å². The number of thioether (sulfide) groups is 1. The van der Waals surface area contributed by atoms with Gasteiger partial charge in [0.05, 0.1) is 4.90 Å². The predicted molar refractivity (Wildman–Crippen MR) is 42.7 cm³/mol. The van der Waals surface area contributed by atoms with Gasteiger partial charge in [-0.2, -0.15) is 8.78 Å². The molecule has 0 spiro atoms. The zero-order valence-electron chi connectivity index (χ0n) is 6.09. The summed E-state index contributed by atoms with van der Waals surface area (Å²) in [6, 6.07) is 6.81. The van der Waals surface area contributed by atoms with E-state index in [1.54, 1.807) is 24.3 Å². The molecule has 0 aromatic heterocycles. The van der Waals surface area contributed by atoms with Gasteiger partial charge in [0.15, 0.2) is 6.61 Å². The van der Waals surface area contributed by atoms with E-state index < -0.39 is 11.9 Å². The zero-order chi connectivity index (χ0) is 8.60. The van der Waals surface area contributed by atoms with Crippen molar-refractivity contribution in [2.24, 2.45) is 0 Å². The molecule has 0 N–H and O–H groups in total. The summed E-state index contributed by atoms with van der Waals surface area (Å²) in [6.45, 7) is -0.533. The van der Waals surface area contributed by atoms with Crippen LogP contribution in [0.4, 0.5) is 8.78 Å². The smallest absolute Gasteiger partial charge is 0.331 e. The highest BCUT2D eigenvalue weighted by Gasteiger charge is 2.36. The Bertz CT molecular complexity index is 301. The predicted octanol–water partition coefficient (Wildman–Crippen LogP) is 2.76. The summed E-state index contributed by atoms with van der Waals surface area (Å²) in [5, 5.41) is -2.78. The summed E-state index contributed by atoms with van der Waals surface area (Å²) in [5.41, 5.74) is 0. The van der Waals surface area contributed by atoms with Crippen LogP contribution < -0.4 is 4.74 Å². The molecule has 0 fully saturated rings. The van der Waals surface area contributed by atoms with E-state index in [9.17, 15) is 8.78 Å². The summed E-state index contributed by atoms with van der Waals surface area (Å²) in [5.74, 6) is 0.549. The Labute approximate surface area is 72.7 Å². The van der Waals surface area contributed by atoms with Crippen LogP contribution in [0, 0.1) is 0 Å². The second kappa shape index (κ2) is 2.62. The van der Waals surface area contributed by atoms with Crippen LogP contribution in [0.15, 0.2) is 29.2 Å². The average molecular weight is 188 g/mol. The van der Waals surface area contributed by atoms with E-state index >= 15 is 0 Å². The first-order valence-corrected chi connectivity index (χ1v) is 4.28. The minimum absolute atomic E-state index is 0.508. The highest BCUT2D eigenvalue weighted by atomic mass is 32.2. The normalized spacial score (nSPS) is 19.5. The van der Waals surface area contributed by atoms with Crippen molar-refractivity contribution in [3.63, 3.8) is 0 Å². The van der Waals surface area contributed by atoms with Crippen molar-refractivity contribution in [1.29, 1.82) is 0 Å². The van der Waals surface area contributed by atoms with E-state index in [4.69, 9.17) is 4.74 Å². The minimum atomic E-state index is -2.78. The van der Waals surface area contributed by atoms with Crippen LogP contribution in [-0.4, -0.2) is 11.9 Å². The lowest BCUT2D eigenvalue weighted by molar-refractivity contribution is 0.0403. The number of rotatable bonds is 0. The first-order valence-electron chi connectivity index (χ1n) is 3.46. The lowest BCUT2D eigenvalue weighted by atomic mass is 10.3. The Morgan fingerprint density at radius 1 is 1.33 bits per heavy atom. The van der Waals surface area contributed by atoms with E-state index in [2.05, 4.69) is 0 Å². The fourth-order valence-corrected chi connectivity index (χ4v) is 1.82. The largest absolute Gasteiger partial charge is 0.485 e. The van der Waals surface area contributed by atoms with Crippen molar-refractivity contribution in [2.75, 3.05) is 6.61 Å². The molecule has 4 heteroatoms. The van der Waals surface area contributed by atoms with Gasteiger partial charge in [-0.3, -0.25) is 0 Å². The summed E-state index contributed by atoms with van der Waals surface area (Å²) < 4.78 is 30.3. The Morgan fingerprint density at radius 2 is 2.08 bits per heavy atom. The number of halogens is 2. The maximum Gasteiger partial charge on any atom is 0.331 e. The molecule has 1 aliphatic rings. The SMILES string of the molecule is FC1(F)COc2ccccc2S1. The molecule has 0 saturated carbocycles. The molecule has 0 radical (unpaired) electrons. The molecule has 1 aliphatic heterocycles. The van der Waals surface area contributed by atoms with Crippen LogP contribution >= 0.6 is 11.8 Å². The Kier molecular flexibility index (Phi) is 1.72. The van der Waals surface area contributed by atoms with Gasteiger partial charge < -0.3 is 4.74 Å². The quantitative estimate of drug-likeness (QED) is 0.619. The van der Waals surface area contributed by atoms with Gasteiger partial charge in [-0.1, -0.05) is 12.1 Å². The highest BCUT2D eigenvalue weighted by molar-refractivity contribution is 8.00. The van der Waals surface area contributed by atoms with Crippen LogP contribution in [0.5, 0.6) is 5.75 Å². The van der Waals surface area contributed by atoms with Gasteiger partial charge in [0.2, 0.25) is 0 Å². The van der Waals surface area contributed by atoms with Crippen LogP contribution in [-0.2, 0) is 0 Å². The Hall–Kier alpha value is -0.770. The number of benzene rings is 1. The fraction of sp³-hybridized carbons (Fsp3) is 0.250. The molecule has 0 unspecified atom stereocenters. The summed E-state index contributed by atoms with van der Waals surface area (Å²) in [6.07, 6.45) is 0. The molecule has 0 atom stereocenters. The molecular formula is C8H6F2OS. The second-order valence-corrected chi connectivity index (χ2v) is 3.72. The van der Waals surface area contributed by atoms with Gasteiger partial charge in [0.1, 0.15) is 5.75 Å². The van der Waals surface area contributed by atoms with Crippen molar-refractivity contribution < 1.29 is 13.5 Å². The monoisotopic (exact) mass is 188 g/mol. The van der Waals surface area contributed by atoms with E-state index in [-0.39, 0.29) is 0 Å². The van der Waals surface area contributed by atoms with E-state index in [0.29, 0.717) is 22.4 Å². The highest BCUT2D eigenvalue weighted by Crippen LogP contribution is 2.44. The molecule has 1 heterocycles. The van der Waals surface area contributed by atoms with Gasteiger partial charge in [-0.15, -0.1) is 0 Å². The maximum absolute atomic E-state index is 12.7. The van der Waals surface area contributed by atoms with Crippen LogP contribution in [0.3, 0.4) is 0 Å². The van der Waals surface area contributed by atoms with Gasteiger partial charge in [0, 0.05) is 0 Å². The summed E-state index contributed by atoms with van der Waals surface area (Å²) in [4.78, 5) is 0.508. The first-order chi connectivity index (χ1) is 5.67. The molecule has 0 amide bonds. The number of para-hydroxylation sites is 1. The number of fused-ring (bicyclic) bond motifs is 1. The van der Waals surface area contributed by atoms with Crippen LogP contribution in [0.2, 0.25) is 0 Å². The molecular weight excluding hydrogens is 182 g/mol. The maximum atomic E-state index is 12.7. The molecule has 1 aromatic rings. The fourth-order valence-electron chi connectivity index (χ4n) is 1.01. The molecule has 2 rings (SSSR count).